The highest BCUT2D eigenvalue weighted by atomic mass is 16.5. The van der Waals surface area contributed by atoms with Crippen molar-refractivity contribution in [2.45, 2.75) is 32.0 Å². The number of rotatable bonds is 7. The van der Waals surface area contributed by atoms with Gasteiger partial charge in [-0.1, -0.05) is 6.07 Å². The number of methoxy groups -OCH3 is 1. The molecule has 0 amide bonds. The Bertz CT molecular complexity index is 605. The Kier molecular flexibility index (Phi) is 4.10. The molecule has 0 radical (unpaired) electrons. The average molecular weight is 287 g/mol. The number of benzene rings is 1. The first-order valence-electron chi connectivity index (χ1n) is 7.24. The Balaban J connectivity index is 1.71. The van der Waals surface area contributed by atoms with Crippen molar-refractivity contribution in [2.24, 2.45) is 7.05 Å². The van der Waals surface area contributed by atoms with E-state index in [-0.39, 0.29) is 0 Å². The van der Waals surface area contributed by atoms with Gasteiger partial charge in [0.2, 0.25) is 0 Å². The molecule has 0 bridgehead atoms. The normalized spacial score (nSPS) is 14.2. The number of hydrogen-bond acceptors (Lipinski definition) is 4. The van der Waals surface area contributed by atoms with Gasteiger partial charge in [0, 0.05) is 31.3 Å². The fraction of sp³-hybridized carbons (Fsp3) is 0.438. The molecule has 5 heteroatoms. The zero-order chi connectivity index (χ0) is 14.7. The number of nitrogens with zero attached hydrogens (tertiary/aromatic N) is 2. The third kappa shape index (κ3) is 3.55. The minimum Gasteiger partial charge on any atom is -0.497 e. The van der Waals surface area contributed by atoms with Crippen LogP contribution in [0.5, 0.6) is 11.5 Å². The Hall–Kier alpha value is -2.01. The van der Waals surface area contributed by atoms with Crippen LogP contribution in [0.4, 0.5) is 0 Å². The molecule has 0 atom stereocenters. The van der Waals surface area contributed by atoms with Crippen LogP contribution in [0.15, 0.2) is 30.7 Å². The van der Waals surface area contributed by atoms with Crippen molar-refractivity contribution in [2.75, 3.05) is 7.11 Å². The summed E-state index contributed by atoms with van der Waals surface area (Å²) in [5.74, 6) is 1.67. The van der Waals surface area contributed by atoms with Crippen LogP contribution in [0.25, 0.3) is 0 Å². The Morgan fingerprint density at radius 1 is 1.38 bits per heavy atom. The largest absolute Gasteiger partial charge is 0.497 e. The highest BCUT2D eigenvalue weighted by Crippen LogP contribution is 2.27. The summed E-state index contributed by atoms with van der Waals surface area (Å²) in [5, 5.41) is 3.52. The summed E-state index contributed by atoms with van der Waals surface area (Å²) in [7, 11) is 3.63. The van der Waals surface area contributed by atoms with Gasteiger partial charge in [-0.3, -0.25) is 0 Å². The number of aryl methyl sites for hydroxylation is 1. The van der Waals surface area contributed by atoms with Crippen LogP contribution in [0.2, 0.25) is 0 Å². The van der Waals surface area contributed by atoms with Crippen LogP contribution in [0.3, 0.4) is 0 Å². The molecule has 112 valence electrons. The minimum absolute atomic E-state index is 0.500. The number of imidazole rings is 1. The first kappa shape index (κ1) is 13.9. The first-order valence-corrected chi connectivity index (χ1v) is 7.24. The zero-order valence-electron chi connectivity index (χ0n) is 12.5. The summed E-state index contributed by atoms with van der Waals surface area (Å²) in [4.78, 5) is 4.10. The molecule has 2 aromatic rings. The smallest absolute Gasteiger partial charge is 0.130 e. The lowest BCUT2D eigenvalue weighted by Crippen LogP contribution is -2.16. The van der Waals surface area contributed by atoms with Gasteiger partial charge in [-0.2, -0.15) is 0 Å². The van der Waals surface area contributed by atoms with Crippen LogP contribution in [0, 0.1) is 0 Å². The zero-order valence-corrected chi connectivity index (χ0v) is 12.5. The van der Waals surface area contributed by atoms with Gasteiger partial charge >= 0.3 is 0 Å². The molecular weight excluding hydrogens is 266 g/mol. The van der Waals surface area contributed by atoms with Gasteiger partial charge in [0.25, 0.3) is 0 Å². The van der Waals surface area contributed by atoms with E-state index in [2.05, 4.69) is 16.4 Å². The molecule has 1 heterocycles. The molecule has 0 saturated heterocycles. The van der Waals surface area contributed by atoms with Crippen molar-refractivity contribution >= 4 is 0 Å². The molecule has 1 aromatic heterocycles. The molecule has 21 heavy (non-hydrogen) atoms. The first-order chi connectivity index (χ1) is 10.3. The van der Waals surface area contributed by atoms with E-state index in [9.17, 15) is 0 Å². The van der Waals surface area contributed by atoms with Gasteiger partial charge in [-0.05, 0) is 18.9 Å². The summed E-state index contributed by atoms with van der Waals surface area (Å²) in [6, 6.07) is 6.66. The van der Waals surface area contributed by atoms with Gasteiger partial charge in [0.15, 0.2) is 0 Å². The summed E-state index contributed by atoms with van der Waals surface area (Å²) in [6.07, 6.45) is 6.16. The maximum atomic E-state index is 5.98. The van der Waals surface area contributed by atoms with E-state index in [1.54, 1.807) is 13.4 Å². The molecule has 1 saturated carbocycles. The quantitative estimate of drug-likeness (QED) is 0.848. The Morgan fingerprint density at radius 2 is 2.24 bits per heavy atom. The fourth-order valence-electron chi connectivity index (χ4n) is 2.16. The topological polar surface area (TPSA) is 48.3 Å². The van der Waals surface area contributed by atoms with Crippen LogP contribution < -0.4 is 14.8 Å². The Morgan fingerprint density at radius 3 is 2.90 bits per heavy atom. The summed E-state index contributed by atoms with van der Waals surface area (Å²) < 4.78 is 13.2. The summed E-state index contributed by atoms with van der Waals surface area (Å²) in [5.41, 5.74) is 2.20. The molecule has 1 fully saturated rings. The number of aromatic nitrogens is 2. The van der Waals surface area contributed by atoms with Gasteiger partial charge < -0.3 is 19.4 Å². The van der Waals surface area contributed by atoms with Crippen LogP contribution >= 0.6 is 0 Å². The maximum Gasteiger partial charge on any atom is 0.130 e. The molecule has 3 rings (SSSR count). The van der Waals surface area contributed by atoms with Crippen molar-refractivity contribution < 1.29 is 9.47 Å². The average Bonchev–Trinajstić information content (AvgIpc) is 3.25. The van der Waals surface area contributed by atoms with Crippen LogP contribution in [0.1, 0.15) is 24.1 Å². The van der Waals surface area contributed by atoms with Crippen molar-refractivity contribution in [1.29, 1.82) is 0 Å². The van der Waals surface area contributed by atoms with Crippen LogP contribution in [-0.2, 0) is 20.2 Å². The number of ether oxygens (including phenoxy) is 2. The van der Waals surface area contributed by atoms with Gasteiger partial charge in [0.1, 0.15) is 18.1 Å². The summed E-state index contributed by atoms with van der Waals surface area (Å²) in [6.45, 7) is 1.33. The second-order valence-electron chi connectivity index (χ2n) is 5.41. The molecule has 0 aliphatic heterocycles. The highest BCUT2D eigenvalue weighted by molar-refractivity contribution is 5.40. The predicted molar refractivity (Wildman–Crippen MR) is 80.4 cm³/mol. The highest BCUT2D eigenvalue weighted by Gasteiger charge is 2.20. The van der Waals surface area contributed by atoms with E-state index >= 15 is 0 Å². The molecule has 1 N–H and O–H groups in total. The number of nitrogens with one attached hydrogen (secondary N) is 1. The predicted octanol–water partition coefficient (Wildman–Crippen LogP) is 2.26. The Labute approximate surface area is 124 Å². The molecule has 0 unspecified atom stereocenters. The molecule has 0 spiro atoms. The molecular formula is C16H21N3O2. The van der Waals surface area contributed by atoms with E-state index in [1.165, 1.54) is 12.8 Å². The summed E-state index contributed by atoms with van der Waals surface area (Å²) >= 11 is 0. The van der Waals surface area contributed by atoms with Gasteiger partial charge in [-0.25, -0.2) is 4.98 Å². The standard InChI is InChI=1S/C16H21N3O2/c1-19-11-17-9-14(19)10-21-16-7-15(20-2)6-3-12(16)8-18-13-4-5-13/h3,6-7,9,11,13,18H,4-5,8,10H2,1-2H3. The second kappa shape index (κ2) is 6.18. The SMILES string of the molecule is COc1ccc(CNC2CC2)c(OCc2cncn2C)c1. The van der Waals surface area contributed by atoms with E-state index in [0.717, 1.165) is 29.3 Å². The lowest BCUT2D eigenvalue weighted by Gasteiger charge is -2.13. The monoisotopic (exact) mass is 287 g/mol. The van der Waals surface area contributed by atoms with Gasteiger partial charge in [0.05, 0.1) is 25.3 Å². The van der Waals surface area contributed by atoms with Crippen molar-refractivity contribution in [3.63, 3.8) is 0 Å². The molecule has 1 aliphatic carbocycles. The van der Waals surface area contributed by atoms with Gasteiger partial charge in [-0.15, -0.1) is 0 Å². The molecule has 1 aliphatic rings. The second-order valence-corrected chi connectivity index (χ2v) is 5.41. The van der Waals surface area contributed by atoms with Crippen molar-refractivity contribution in [3.8, 4) is 11.5 Å². The number of hydrogen-bond donors (Lipinski definition) is 1. The van der Waals surface area contributed by atoms with Crippen molar-refractivity contribution in [3.05, 3.63) is 42.0 Å². The fourth-order valence-corrected chi connectivity index (χ4v) is 2.16. The van der Waals surface area contributed by atoms with E-state index < -0.39 is 0 Å². The van der Waals surface area contributed by atoms with E-state index in [4.69, 9.17) is 9.47 Å². The molecule has 1 aromatic carbocycles. The molecule has 5 nitrogen and oxygen atoms in total. The maximum absolute atomic E-state index is 5.98. The van der Waals surface area contributed by atoms with E-state index in [1.807, 2.05) is 29.9 Å². The lowest BCUT2D eigenvalue weighted by atomic mass is 10.2. The third-order valence-corrected chi connectivity index (χ3v) is 3.72. The van der Waals surface area contributed by atoms with Crippen molar-refractivity contribution in [1.82, 2.24) is 14.9 Å². The third-order valence-electron chi connectivity index (χ3n) is 3.72. The minimum atomic E-state index is 0.500. The lowest BCUT2D eigenvalue weighted by molar-refractivity contribution is 0.291. The van der Waals surface area contributed by atoms with Crippen LogP contribution in [-0.4, -0.2) is 22.7 Å². The van der Waals surface area contributed by atoms with E-state index in [0.29, 0.717) is 12.6 Å².